The molecule has 1 atom stereocenters. The van der Waals surface area contributed by atoms with Crippen LogP contribution in [0.3, 0.4) is 0 Å². The third-order valence-electron chi connectivity index (χ3n) is 3.85. The van der Waals surface area contributed by atoms with Gasteiger partial charge in [0.05, 0.1) is 23.9 Å². The summed E-state index contributed by atoms with van der Waals surface area (Å²) >= 11 is 1.74. The lowest BCUT2D eigenvalue weighted by Crippen LogP contribution is -2.39. The Balaban J connectivity index is 1.82. The normalized spacial score (nSPS) is 19.2. The van der Waals surface area contributed by atoms with Gasteiger partial charge in [-0.05, 0) is 13.3 Å². The molecule has 0 spiro atoms. The molecule has 22 heavy (non-hydrogen) atoms. The van der Waals surface area contributed by atoms with Crippen LogP contribution in [0.2, 0.25) is 0 Å². The molecule has 0 saturated carbocycles. The second-order valence-electron chi connectivity index (χ2n) is 5.99. The van der Waals surface area contributed by atoms with E-state index in [0.29, 0.717) is 11.8 Å². The first-order chi connectivity index (χ1) is 10.6. The Labute approximate surface area is 137 Å². The fraction of sp³-hybridized carbons (Fsp3) is 0.750. The van der Waals surface area contributed by atoms with E-state index in [1.54, 1.807) is 11.3 Å². The Morgan fingerprint density at radius 2 is 2.41 bits per heavy atom. The molecule has 1 aromatic rings. The van der Waals surface area contributed by atoms with Crippen molar-refractivity contribution in [2.45, 2.75) is 39.7 Å². The highest BCUT2D eigenvalue weighted by atomic mass is 32.1. The number of nitrogens with one attached hydrogen (secondary N) is 1. The molecule has 1 saturated heterocycles. The summed E-state index contributed by atoms with van der Waals surface area (Å²) in [6, 6.07) is 0. The summed E-state index contributed by atoms with van der Waals surface area (Å²) in [6.45, 7) is 10.9. The Hall–Kier alpha value is -1.14. The van der Waals surface area contributed by atoms with E-state index in [2.05, 4.69) is 39.4 Å². The van der Waals surface area contributed by atoms with Crippen LogP contribution in [-0.4, -0.2) is 49.2 Å². The van der Waals surface area contributed by atoms with Crippen molar-refractivity contribution in [1.82, 2.24) is 15.2 Å². The van der Waals surface area contributed by atoms with Crippen LogP contribution < -0.4 is 5.32 Å². The SMILES string of the molecule is CCOCC1CCN(C(=NC)NCc2csc(C(C)C)n2)C1. The minimum absolute atomic E-state index is 0.496. The molecule has 5 nitrogen and oxygen atoms in total. The first-order valence-electron chi connectivity index (χ1n) is 8.11. The first kappa shape index (κ1) is 17.2. The van der Waals surface area contributed by atoms with Gasteiger partial charge in [0.25, 0.3) is 0 Å². The molecule has 1 unspecified atom stereocenters. The molecule has 0 aromatic carbocycles. The molecule has 124 valence electrons. The van der Waals surface area contributed by atoms with E-state index < -0.39 is 0 Å². The van der Waals surface area contributed by atoms with Gasteiger partial charge in [-0.3, -0.25) is 4.99 Å². The molecule has 0 radical (unpaired) electrons. The van der Waals surface area contributed by atoms with Crippen LogP contribution in [0.4, 0.5) is 0 Å². The second-order valence-corrected chi connectivity index (χ2v) is 6.88. The van der Waals surface area contributed by atoms with Crippen LogP contribution in [0.25, 0.3) is 0 Å². The molecular weight excluding hydrogens is 296 g/mol. The van der Waals surface area contributed by atoms with E-state index in [-0.39, 0.29) is 0 Å². The Morgan fingerprint density at radius 1 is 1.59 bits per heavy atom. The minimum atomic E-state index is 0.496. The van der Waals surface area contributed by atoms with Crippen molar-refractivity contribution < 1.29 is 4.74 Å². The number of hydrogen-bond donors (Lipinski definition) is 1. The third-order valence-corrected chi connectivity index (χ3v) is 5.04. The van der Waals surface area contributed by atoms with Gasteiger partial charge in [0.2, 0.25) is 0 Å². The quantitative estimate of drug-likeness (QED) is 0.646. The number of likely N-dealkylation sites (tertiary alicyclic amines) is 1. The Morgan fingerprint density at radius 3 is 3.05 bits per heavy atom. The summed E-state index contributed by atoms with van der Waals surface area (Å²) in [5, 5.41) is 6.77. The maximum absolute atomic E-state index is 5.54. The number of hydrogen-bond acceptors (Lipinski definition) is 4. The maximum atomic E-state index is 5.54. The number of guanidine groups is 1. The van der Waals surface area contributed by atoms with Gasteiger partial charge in [-0.2, -0.15) is 0 Å². The van der Waals surface area contributed by atoms with Crippen molar-refractivity contribution in [1.29, 1.82) is 0 Å². The van der Waals surface area contributed by atoms with Gasteiger partial charge >= 0.3 is 0 Å². The predicted molar refractivity (Wildman–Crippen MR) is 92.6 cm³/mol. The molecular formula is C16H28N4OS. The number of rotatable bonds is 6. The summed E-state index contributed by atoms with van der Waals surface area (Å²) < 4.78 is 5.54. The number of thiazole rings is 1. The van der Waals surface area contributed by atoms with E-state index in [1.807, 2.05) is 14.0 Å². The molecule has 2 heterocycles. The van der Waals surface area contributed by atoms with E-state index >= 15 is 0 Å². The highest BCUT2D eigenvalue weighted by Gasteiger charge is 2.24. The van der Waals surface area contributed by atoms with Crippen molar-refractivity contribution in [3.05, 3.63) is 16.1 Å². The Bertz CT molecular complexity index is 486. The largest absolute Gasteiger partial charge is 0.381 e. The minimum Gasteiger partial charge on any atom is -0.381 e. The predicted octanol–water partition coefficient (Wildman–Crippen LogP) is 2.70. The van der Waals surface area contributed by atoms with Gasteiger partial charge in [-0.25, -0.2) is 4.98 Å². The van der Waals surface area contributed by atoms with Crippen LogP contribution in [-0.2, 0) is 11.3 Å². The topological polar surface area (TPSA) is 49.8 Å². The highest BCUT2D eigenvalue weighted by molar-refractivity contribution is 7.09. The molecule has 1 aliphatic heterocycles. The van der Waals surface area contributed by atoms with Gasteiger partial charge in [0.15, 0.2) is 5.96 Å². The molecule has 0 bridgehead atoms. The maximum Gasteiger partial charge on any atom is 0.193 e. The smallest absolute Gasteiger partial charge is 0.193 e. The van der Waals surface area contributed by atoms with Gasteiger partial charge in [-0.15, -0.1) is 11.3 Å². The van der Waals surface area contributed by atoms with Gasteiger partial charge in [0, 0.05) is 44.0 Å². The van der Waals surface area contributed by atoms with Crippen LogP contribution in [0.1, 0.15) is 43.8 Å². The average Bonchev–Trinajstić information content (AvgIpc) is 3.15. The number of aliphatic imine (C=N–C) groups is 1. The van der Waals surface area contributed by atoms with Crippen LogP contribution in [0.5, 0.6) is 0 Å². The van der Waals surface area contributed by atoms with E-state index in [4.69, 9.17) is 4.74 Å². The van der Waals surface area contributed by atoms with E-state index in [0.717, 1.165) is 44.5 Å². The lowest BCUT2D eigenvalue weighted by atomic mass is 10.1. The third kappa shape index (κ3) is 4.68. The zero-order valence-corrected chi connectivity index (χ0v) is 14.9. The number of aromatic nitrogens is 1. The van der Waals surface area contributed by atoms with Gasteiger partial charge in [0.1, 0.15) is 0 Å². The fourth-order valence-corrected chi connectivity index (χ4v) is 3.45. The zero-order valence-electron chi connectivity index (χ0n) is 14.1. The van der Waals surface area contributed by atoms with Crippen LogP contribution in [0.15, 0.2) is 10.4 Å². The van der Waals surface area contributed by atoms with Crippen molar-refractivity contribution >= 4 is 17.3 Å². The van der Waals surface area contributed by atoms with Crippen LogP contribution >= 0.6 is 11.3 Å². The summed E-state index contributed by atoms with van der Waals surface area (Å²) in [5.74, 6) is 2.08. The summed E-state index contributed by atoms with van der Waals surface area (Å²) in [4.78, 5) is 11.4. The van der Waals surface area contributed by atoms with Crippen molar-refractivity contribution in [3.8, 4) is 0 Å². The first-order valence-corrected chi connectivity index (χ1v) is 8.99. The highest BCUT2D eigenvalue weighted by Crippen LogP contribution is 2.19. The van der Waals surface area contributed by atoms with Crippen molar-refractivity contribution in [2.24, 2.45) is 10.9 Å². The molecule has 2 rings (SSSR count). The summed E-state index contributed by atoms with van der Waals surface area (Å²) in [5.41, 5.74) is 1.10. The molecule has 6 heteroatoms. The zero-order chi connectivity index (χ0) is 15.9. The molecule has 0 amide bonds. The fourth-order valence-electron chi connectivity index (χ4n) is 2.62. The van der Waals surface area contributed by atoms with Gasteiger partial charge in [-0.1, -0.05) is 13.8 Å². The monoisotopic (exact) mass is 324 g/mol. The standard InChI is InChI=1S/C16H28N4OS/c1-5-21-10-13-6-7-20(9-13)16(17-4)18-8-14-11-22-15(19-14)12(2)3/h11-13H,5-10H2,1-4H3,(H,17,18). The molecule has 1 N–H and O–H groups in total. The second kappa shape index (κ2) is 8.48. The molecule has 1 aliphatic rings. The average molecular weight is 324 g/mol. The summed E-state index contributed by atoms with van der Waals surface area (Å²) in [6.07, 6.45) is 1.18. The van der Waals surface area contributed by atoms with Crippen LogP contribution in [0, 0.1) is 5.92 Å². The number of nitrogens with zero attached hydrogens (tertiary/aromatic N) is 3. The molecule has 0 aliphatic carbocycles. The lowest BCUT2D eigenvalue weighted by molar-refractivity contribution is 0.114. The summed E-state index contributed by atoms with van der Waals surface area (Å²) in [7, 11) is 1.85. The van der Waals surface area contributed by atoms with Crippen molar-refractivity contribution in [3.63, 3.8) is 0 Å². The Kier molecular flexibility index (Phi) is 6.64. The van der Waals surface area contributed by atoms with Crippen molar-refractivity contribution in [2.75, 3.05) is 33.4 Å². The molecule has 1 aromatic heterocycles. The van der Waals surface area contributed by atoms with Gasteiger partial charge < -0.3 is 15.0 Å². The molecule has 1 fully saturated rings. The number of ether oxygens (including phenoxy) is 1. The van der Waals surface area contributed by atoms with E-state index in [1.165, 1.54) is 11.4 Å². The van der Waals surface area contributed by atoms with E-state index in [9.17, 15) is 0 Å². The lowest BCUT2D eigenvalue weighted by Gasteiger charge is -2.21.